The van der Waals surface area contributed by atoms with Gasteiger partial charge in [-0.3, -0.25) is 4.57 Å². The standard InChI is InChI=1S/C14H9BrF2N2S/c1-7-2-3-8(6-9(7)15)19-13-11(18-14(19)20)5-4-10(16)12(13)17/h2-6H,1H3,(H,18,20). The molecule has 0 aliphatic carbocycles. The van der Waals surface area contributed by atoms with Crippen LogP contribution in [-0.4, -0.2) is 9.55 Å². The highest BCUT2D eigenvalue weighted by molar-refractivity contribution is 9.10. The number of aromatic amines is 1. The van der Waals surface area contributed by atoms with E-state index in [-0.39, 0.29) is 5.52 Å². The third kappa shape index (κ3) is 1.99. The first-order chi connectivity index (χ1) is 9.49. The molecule has 1 N–H and O–H groups in total. The Kier molecular flexibility index (Phi) is 3.22. The van der Waals surface area contributed by atoms with Gasteiger partial charge in [0.05, 0.1) is 5.52 Å². The van der Waals surface area contributed by atoms with Gasteiger partial charge in [0.15, 0.2) is 16.4 Å². The van der Waals surface area contributed by atoms with Gasteiger partial charge in [0.2, 0.25) is 0 Å². The second-order valence-corrected chi connectivity index (χ2v) is 5.70. The summed E-state index contributed by atoms with van der Waals surface area (Å²) in [5.74, 6) is -1.81. The van der Waals surface area contributed by atoms with Crippen LogP contribution in [0.1, 0.15) is 5.56 Å². The second-order valence-electron chi connectivity index (χ2n) is 4.46. The summed E-state index contributed by atoms with van der Waals surface area (Å²) in [5.41, 5.74) is 2.30. The summed E-state index contributed by atoms with van der Waals surface area (Å²) >= 11 is 8.64. The molecule has 0 aliphatic heterocycles. The van der Waals surface area contributed by atoms with Gasteiger partial charge >= 0.3 is 0 Å². The van der Waals surface area contributed by atoms with E-state index in [1.54, 1.807) is 0 Å². The van der Waals surface area contributed by atoms with Crippen LogP contribution < -0.4 is 0 Å². The van der Waals surface area contributed by atoms with Gasteiger partial charge in [-0.1, -0.05) is 22.0 Å². The summed E-state index contributed by atoms with van der Waals surface area (Å²) in [4.78, 5) is 2.88. The Morgan fingerprint density at radius 2 is 1.95 bits per heavy atom. The highest BCUT2D eigenvalue weighted by Crippen LogP contribution is 2.26. The SMILES string of the molecule is Cc1ccc(-n2c(=S)[nH]c3ccc(F)c(F)c32)cc1Br. The number of aryl methyl sites for hydroxylation is 1. The van der Waals surface area contributed by atoms with Crippen LogP contribution in [0.3, 0.4) is 0 Å². The second kappa shape index (κ2) is 4.79. The molecule has 102 valence electrons. The van der Waals surface area contributed by atoms with Crippen molar-refractivity contribution in [2.75, 3.05) is 0 Å². The van der Waals surface area contributed by atoms with Crippen LogP contribution in [0.4, 0.5) is 8.78 Å². The topological polar surface area (TPSA) is 20.7 Å². The maximum atomic E-state index is 14.1. The Labute approximate surface area is 127 Å². The molecule has 20 heavy (non-hydrogen) atoms. The van der Waals surface area contributed by atoms with Crippen molar-refractivity contribution in [1.29, 1.82) is 0 Å². The predicted octanol–water partition coefficient (Wildman–Crippen LogP) is 5.04. The van der Waals surface area contributed by atoms with E-state index in [4.69, 9.17) is 12.2 Å². The minimum atomic E-state index is -0.911. The average molecular weight is 355 g/mol. The van der Waals surface area contributed by atoms with Crippen molar-refractivity contribution in [3.63, 3.8) is 0 Å². The summed E-state index contributed by atoms with van der Waals surface area (Å²) in [6.07, 6.45) is 0. The van der Waals surface area contributed by atoms with Gasteiger partial charge in [-0.25, -0.2) is 8.78 Å². The molecule has 3 aromatic rings. The number of imidazole rings is 1. The predicted molar refractivity (Wildman–Crippen MR) is 80.8 cm³/mol. The molecule has 0 saturated carbocycles. The van der Waals surface area contributed by atoms with Crippen molar-refractivity contribution < 1.29 is 8.78 Å². The Hall–Kier alpha value is -1.53. The molecular formula is C14H9BrF2N2S. The molecule has 0 bridgehead atoms. The van der Waals surface area contributed by atoms with Crippen molar-refractivity contribution >= 4 is 39.2 Å². The quantitative estimate of drug-likeness (QED) is 0.607. The zero-order valence-electron chi connectivity index (χ0n) is 10.4. The van der Waals surface area contributed by atoms with Gasteiger partial charge in [-0.05, 0) is 49.0 Å². The number of rotatable bonds is 1. The molecule has 0 radical (unpaired) electrons. The molecule has 2 aromatic carbocycles. The van der Waals surface area contributed by atoms with Crippen molar-refractivity contribution in [1.82, 2.24) is 9.55 Å². The molecule has 1 heterocycles. The van der Waals surface area contributed by atoms with Crippen LogP contribution in [0.15, 0.2) is 34.8 Å². The summed E-state index contributed by atoms with van der Waals surface area (Å²) in [5, 5.41) is 0. The summed E-state index contributed by atoms with van der Waals surface area (Å²) in [6.45, 7) is 1.95. The van der Waals surface area contributed by atoms with Crippen LogP contribution >= 0.6 is 28.1 Å². The van der Waals surface area contributed by atoms with E-state index in [9.17, 15) is 8.78 Å². The lowest BCUT2D eigenvalue weighted by molar-refractivity contribution is 0.514. The first-order valence-corrected chi connectivity index (χ1v) is 7.04. The molecule has 0 atom stereocenters. The summed E-state index contributed by atoms with van der Waals surface area (Å²) in [7, 11) is 0. The molecular weight excluding hydrogens is 346 g/mol. The molecule has 2 nitrogen and oxygen atoms in total. The molecule has 1 aromatic heterocycles. The number of hydrogen-bond acceptors (Lipinski definition) is 1. The lowest BCUT2D eigenvalue weighted by atomic mass is 10.2. The van der Waals surface area contributed by atoms with E-state index in [0.717, 1.165) is 16.1 Å². The van der Waals surface area contributed by atoms with E-state index < -0.39 is 11.6 Å². The van der Waals surface area contributed by atoms with Crippen molar-refractivity contribution in [3.8, 4) is 5.69 Å². The van der Waals surface area contributed by atoms with Gasteiger partial charge in [0, 0.05) is 10.2 Å². The number of nitrogens with zero attached hydrogens (tertiary/aromatic N) is 1. The minimum Gasteiger partial charge on any atom is -0.330 e. The number of aromatic nitrogens is 2. The Bertz CT molecular complexity index is 883. The van der Waals surface area contributed by atoms with Crippen LogP contribution in [-0.2, 0) is 0 Å². The lowest BCUT2D eigenvalue weighted by Crippen LogP contribution is -1.97. The first kappa shape index (κ1) is 13.5. The smallest absolute Gasteiger partial charge is 0.184 e. The molecule has 3 rings (SSSR count). The van der Waals surface area contributed by atoms with Gasteiger partial charge < -0.3 is 4.98 Å². The fourth-order valence-corrected chi connectivity index (χ4v) is 2.77. The monoisotopic (exact) mass is 354 g/mol. The highest BCUT2D eigenvalue weighted by Gasteiger charge is 2.15. The fraction of sp³-hybridized carbons (Fsp3) is 0.0714. The minimum absolute atomic E-state index is 0.116. The molecule has 0 fully saturated rings. The number of nitrogens with one attached hydrogen (secondary N) is 1. The van der Waals surface area contributed by atoms with E-state index in [2.05, 4.69) is 20.9 Å². The molecule has 0 spiro atoms. The molecule has 6 heteroatoms. The molecule has 0 saturated heterocycles. The maximum Gasteiger partial charge on any atom is 0.184 e. The third-order valence-corrected chi connectivity index (χ3v) is 4.29. The Balaban J connectivity index is 2.41. The molecule has 0 aliphatic rings. The zero-order valence-corrected chi connectivity index (χ0v) is 12.8. The van der Waals surface area contributed by atoms with Crippen molar-refractivity contribution in [2.45, 2.75) is 6.92 Å². The van der Waals surface area contributed by atoms with E-state index >= 15 is 0 Å². The normalized spacial score (nSPS) is 11.2. The van der Waals surface area contributed by atoms with Crippen LogP contribution in [0.5, 0.6) is 0 Å². The van der Waals surface area contributed by atoms with Crippen molar-refractivity contribution in [2.24, 2.45) is 0 Å². The zero-order chi connectivity index (χ0) is 14.4. The molecule has 0 unspecified atom stereocenters. The van der Waals surface area contributed by atoms with Crippen LogP contribution in [0, 0.1) is 23.3 Å². The lowest BCUT2D eigenvalue weighted by Gasteiger charge is -2.07. The van der Waals surface area contributed by atoms with Crippen molar-refractivity contribution in [3.05, 3.63) is 56.8 Å². The fourth-order valence-electron chi connectivity index (χ4n) is 2.10. The number of halogens is 3. The maximum absolute atomic E-state index is 14.1. The number of H-pyrrole nitrogens is 1. The number of benzene rings is 2. The molecule has 0 amide bonds. The van der Waals surface area contributed by atoms with Crippen LogP contribution in [0.2, 0.25) is 0 Å². The largest absolute Gasteiger partial charge is 0.330 e. The Morgan fingerprint density at radius 3 is 2.65 bits per heavy atom. The summed E-state index contributed by atoms with van der Waals surface area (Å²) in [6, 6.07) is 8.08. The van der Waals surface area contributed by atoms with E-state index in [0.29, 0.717) is 16.0 Å². The van der Waals surface area contributed by atoms with Crippen LogP contribution in [0.25, 0.3) is 16.7 Å². The van der Waals surface area contributed by atoms with Gasteiger partial charge in [0.1, 0.15) is 5.52 Å². The number of hydrogen-bond donors (Lipinski definition) is 1. The van der Waals surface area contributed by atoms with E-state index in [1.807, 2.05) is 25.1 Å². The van der Waals surface area contributed by atoms with Gasteiger partial charge in [-0.2, -0.15) is 0 Å². The van der Waals surface area contributed by atoms with Gasteiger partial charge in [-0.15, -0.1) is 0 Å². The highest BCUT2D eigenvalue weighted by atomic mass is 79.9. The van der Waals surface area contributed by atoms with Gasteiger partial charge in [0.25, 0.3) is 0 Å². The van der Waals surface area contributed by atoms with E-state index in [1.165, 1.54) is 10.6 Å². The Morgan fingerprint density at radius 1 is 1.20 bits per heavy atom. The number of fused-ring (bicyclic) bond motifs is 1. The average Bonchev–Trinajstić information content (AvgIpc) is 2.74. The first-order valence-electron chi connectivity index (χ1n) is 5.84. The third-order valence-electron chi connectivity index (χ3n) is 3.15. The summed E-state index contributed by atoms with van der Waals surface area (Å²) < 4.78 is 30.2.